The molecule has 1 aromatic rings. The Hall–Kier alpha value is -2.72. The Morgan fingerprint density at radius 1 is 1.20 bits per heavy atom. The van der Waals surface area contributed by atoms with Crippen LogP contribution in [0.25, 0.3) is 0 Å². The maximum Gasteiger partial charge on any atom is 0.273 e. The fourth-order valence-electron chi connectivity index (χ4n) is 4.41. The van der Waals surface area contributed by atoms with Gasteiger partial charge in [0.2, 0.25) is 11.8 Å². The summed E-state index contributed by atoms with van der Waals surface area (Å²) in [6, 6.07) is 4.05. The van der Waals surface area contributed by atoms with Gasteiger partial charge in [0.05, 0.1) is 30.3 Å². The highest BCUT2D eigenvalue weighted by atomic mass is 16.6. The fourth-order valence-corrected chi connectivity index (χ4v) is 4.41. The van der Waals surface area contributed by atoms with Gasteiger partial charge >= 0.3 is 0 Å². The first-order valence-electron chi connectivity index (χ1n) is 10.3. The molecule has 0 unspecified atom stereocenters. The normalized spacial score (nSPS) is 19.8. The Bertz CT molecular complexity index is 801. The average Bonchev–Trinajstić information content (AvgIpc) is 2.75. The second-order valence-electron chi connectivity index (χ2n) is 7.91. The molecule has 1 aromatic carbocycles. The summed E-state index contributed by atoms with van der Waals surface area (Å²) < 4.78 is 5.16. The second-order valence-corrected chi connectivity index (χ2v) is 7.91. The van der Waals surface area contributed by atoms with Gasteiger partial charge in [0.1, 0.15) is 11.3 Å². The van der Waals surface area contributed by atoms with Gasteiger partial charge in [0, 0.05) is 19.2 Å². The Kier molecular flexibility index (Phi) is 6.88. The number of primary amides is 1. The first-order chi connectivity index (χ1) is 14.4. The molecule has 3 N–H and O–H groups in total. The molecule has 0 saturated carbocycles. The Morgan fingerprint density at radius 3 is 2.43 bits per heavy atom. The predicted octanol–water partition coefficient (Wildman–Crippen LogP) is 1.35. The van der Waals surface area contributed by atoms with Crippen molar-refractivity contribution in [1.82, 2.24) is 9.80 Å². The number of nitrogens with two attached hydrogens (primary N) is 1. The number of carbonyl (C=O) groups is 2. The summed E-state index contributed by atoms with van der Waals surface area (Å²) in [6.07, 6.45) is 4.56. The van der Waals surface area contributed by atoms with E-state index >= 15 is 0 Å². The van der Waals surface area contributed by atoms with Gasteiger partial charge in [-0.2, -0.15) is 0 Å². The van der Waals surface area contributed by atoms with Crippen LogP contribution in [0, 0.1) is 10.1 Å². The highest BCUT2D eigenvalue weighted by Gasteiger charge is 2.45. The van der Waals surface area contributed by atoms with E-state index in [-0.39, 0.29) is 29.8 Å². The monoisotopic (exact) mass is 419 g/mol. The van der Waals surface area contributed by atoms with E-state index in [1.54, 1.807) is 0 Å². The number of benzene rings is 1. The molecule has 30 heavy (non-hydrogen) atoms. The SMILES string of the molecule is COc1cc([N+](=O)[O-])ccc1NC(=O)CN1CCC(C(N)=O)(N2CCCCC2)CC1. The Balaban J connectivity index is 1.58. The molecule has 0 radical (unpaired) electrons. The van der Waals surface area contributed by atoms with Crippen molar-refractivity contribution in [1.29, 1.82) is 0 Å². The lowest BCUT2D eigenvalue weighted by Gasteiger charge is -2.48. The third kappa shape index (κ3) is 4.71. The number of nitro groups is 1. The first kappa shape index (κ1) is 22.0. The van der Waals surface area contributed by atoms with E-state index in [9.17, 15) is 19.7 Å². The van der Waals surface area contributed by atoms with Crippen LogP contribution in [-0.2, 0) is 9.59 Å². The van der Waals surface area contributed by atoms with Crippen LogP contribution in [-0.4, -0.2) is 71.9 Å². The van der Waals surface area contributed by atoms with Crippen molar-refractivity contribution < 1.29 is 19.2 Å². The minimum absolute atomic E-state index is 0.110. The van der Waals surface area contributed by atoms with Crippen molar-refractivity contribution in [2.45, 2.75) is 37.6 Å². The molecular weight excluding hydrogens is 390 g/mol. The highest BCUT2D eigenvalue weighted by Crippen LogP contribution is 2.32. The topological polar surface area (TPSA) is 131 Å². The van der Waals surface area contributed by atoms with E-state index in [1.807, 2.05) is 4.90 Å². The molecule has 164 valence electrons. The predicted molar refractivity (Wildman–Crippen MR) is 111 cm³/mol. The summed E-state index contributed by atoms with van der Waals surface area (Å²) in [4.78, 5) is 39.4. The fraction of sp³-hybridized carbons (Fsp3) is 0.600. The van der Waals surface area contributed by atoms with Crippen LogP contribution in [0.5, 0.6) is 5.75 Å². The minimum Gasteiger partial charge on any atom is -0.494 e. The van der Waals surface area contributed by atoms with Gasteiger partial charge < -0.3 is 15.8 Å². The van der Waals surface area contributed by atoms with E-state index in [0.29, 0.717) is 31.6 Å². The number of nitrogens with zero attached hydrogens (tertiary/aromatic N) is 3. The zero-order chi connectivity index (χ0) is 21.7. The minimum atomic E-state index is -0.616. The van der Waals surface area contributed by atoms with E-state index in [2.05, 4.69) is 10.2 Å². The lowest BCUT2D eigenvalue weighted by atomic mass is 9.83. The number of ether oxygens (including phenoxy) is 1. The largest absolute Gasteiger partial charge is 0.494 e. The molecule has 2 fully saturated rings. The van der Waals surface area contributed by atoms with E-state index in [1.165, 1.54) is 31.7 Å². The molecule has 2 saturated heterocycles. The van der Waals surface area contributed by atoms with Gasteiger partial charge in [-0.1, -0.05) is 6.42 Å². The standard InChI is InChI=1S/C20H29N5O5/c1-30-17-13-15(25(28)29)5-6-16(17)22-18(26)14-23-11-7-20(8-12-23,19(21)27)24-9-3-2-4-10-24/h5-6,13H,2-4,7-12,14H2,1H3,(H2,21,27)(H,22,26). The molecule has 2 aliphatic heterocycles. The smallest absolute Gasteiger partial charge is 0.273 e. The summed E-state index contributed by atoms with van der Waals surface area (Å²) in [5.41, 5.74) is 5.46. The van der Waals surface area contributed by atoms with Gasteiger partial charge in [-0.05, 0) is 44.8 Å². The molecule has 2 heterocycles. The number of non-ortho nitro benzene ring substituents is 1. The number of amides is 2. The van der Waals surface area contributed by atoms with E-state index in [4.69, 9.17) is 10.5 Å². The molecule has 10 heteroatoms. The van der Waals surface area contributed by atoms with E-state index < -0.39 is 10.5 Å². The van der Waals surface area contributed by atoms with Crippen molar-refractivity contribution in [2.24, 2.45) is 5.73 Å². The molecule has 2 amide bonds. The second kappa shape index (κ2) is 9.40. The van der Waals surface area contributed by atoms with Crippen molar-refractivity contribution in [2.75, 3.05) is 45.2 Å². The zero-order valence-electron chi connectivity index (χ0n) is 17.3. The number of methoxy groups -OCH3 is 1. The summed E-state index contributed by atoms with van der Waals surface area (Å²) >= 11 is 0. The van der Waals surface area contributed by atoms with Gasteiger partial charge in [-0.15, -0.1) is 0 Å². The van der Waals surface area contributed by atoms with Gasteiger partial charge in [0.15, 0.2) is 0 Å². The Labute approximate surface area is 175 Å². The number of piperidine rings is 2. The van der Waals surface area contributed by atoms with Crippen molar-refractivity contribution in [3.8, 4) is 5.75 Å². The highest BCUT2D eigenvalue weighted by molar-refractivity contribution is 5.94. The molecule has 10 nitrogen and oxygen atoms in total. The third-order valence-corrected chi connectivity index (χ3v) is 6.14. The van der Waals surface area contributed by atoms with Crippen LogP contribution in [0.1, 0.15) is 32.1 Å². The summed E-state index contributed by atoms with van der Waals surface area (Å²) in [5.74, 6) is -0.287. The van der Waals surface area contributed by atoms with Gasteiger partial charge in [-0.3, -0.25) is 29.5 Å². The van der Waals surface area contributed by atoms with Crippen LogP contribution in [0.3, 0.4) is 0 Å². The lowest BCUT2D eigenvalue weighted by molar-refractivity contribution is -0.384. The number of carbonyl (C=O) groups excluding carboxylic acids is 2. The zero-order valence-corrected chi connectivity index (χ0v) is 17.3. The molecule has 0 atom stereocenters. The van der Waals surface area contributed by atoms with Crippen molar-refractivity contribution in [3.05, 3.63) is 28.3 Å². The van der Waals surface area contributed by atoms with Crippen LogP contribution in [0.2, 0.25) is 0 Å². The van der Waals surface area contributed by atoms with Crippen molar-refractivity contribution >= 4 is 23.2 Å². The third-order valence-electron chi connectivity index (χ3n) is 6.14. The van der Waals surface area contributed by atoms with Gasteiger partial charge in [0.25, 0.3) is 5.69 Å². The summed E-state index contributed by atoms with van der Waals surface area (Å²) in [6.45, 7) is 3.15. The number of nitro benzene ring substituents is 1. The number of nitrogens with one attached hydrogen (secondary N) is 1. The van der Waals surface area contributed by atoms with Crippen LogP contribution < -0.4 is 15.8 Å². The van der Waals surface area contributed by atoms with E-state index in [0.717, 1.165) is 25.9 Å². The average molecular weight is 419 g/mol. The maximum absolute atomic E-state index is 12.5. The number of anilines is 1. The quantitative estimate of drug-likeness (QED) is 0.504. The molecule has 0 spiro atoms. The van der Waals surface area contributed by atoms with Crippen molar-refractivity contribution in [3.63, 3.8) is 0 Å². The molecule has 3 rings (SSSR count). The number of rotatable bonds is 7. The van der Waals surface area contributed by atoms with Crippen LogP contribution in [0.15, 0.2) is 18.2 Å². The molecule has 0 aromatic heterocycles. The van der Waals surface area contributed by atoms with Crippen LogP contribution >= 0.6 is 0 Å². The molecule has 2 aliphatic rings. The molecule has 0 aliphatic carbocycles. The summed E-state index contributed by atoms with van der Waals surface area (Å²) in [5, 5.41) is 13.7. The van der Waals surface area contributed by atoms with Gasteiger partial charge in [-0.25, -0.2) is 0 Å². The number of hydrogen-bond donors (Lipinski definition) is 2. The Morgan fingerprint density at radius 2 is 1.87 bits per heavy atom. The summed E-state index contributed by atoms with van der Waals surface area (Å²) in [7, 11) is 1.39. The van der Waals surface area contributed by atoms with Crippen LogP contribution in [0.4, 0.5) is 11.4 Å². The number of likely N-dealkylation sites (tertiary alicyclic amines) is 2. The maximum atomic E-state index is 12.5. The number of hydrogen-bond acceptors (Lipinski definition) is 7. The lowest BCUT2D eigenvalue weighted by Crippen LogP contribution is -2.63. The molecular formula is C20H29N5O5. The first-order valence-corrected chi connectivity index (χ1v) is 10.3. The molecule has 0 bridgehead atoms.